The summed E-state index contributed by atoms with van der Waals surface area (Å²) in [5, 5.41) is 6.93. The molecule has 0 bridgehead atoms. The Bertz CT molecular complexity index is 778. The minimum absolute atomic E-state index is 0.0406. The third kappa shape index (κ3) is 2.94. The monoisotopic (exact) mass is 341 g/mol. The molecular formula is C18H19N3O2S. The fourth-order valence-electron chi connectivity index (χ4n) is 3.40. The number of nitrogens with zero attached hydrogens (tertiary/aromatic N) is 1. The number of thiazole rings is 1. The van der Waals surface area contributed by atoms with Crippen molar-refractivity contribution in [3.05, 3.63) is 51.0 Å². The van der Waals surface area contributed by atoms with Gasteiger partial charge in [-0.05, 0) is 30.9 Å². The number of aryl methyl sites for hydroxylation is 2. The standard InChI is InChI=1S/C18H19N3O2S/c22-16(10-14-11-4-1-2-5-12(11)18(23)21-14)19-9-8-17-20-13-6-3-7-15(13)24-17/h1-2,4-5,14H,3,6-10H2,(H,19,22)(H,21,23)/t14-/m1/s1. The molecule has 0 unspecified atom stereocenters. The lowest BCUT2D eigenvalue weighted by atomic mass is 10.0. The van der Waals surface area contributed by atoms with Crippen molar-refractivity contribution in [3.8, 4) is 0 Å². The third-order valence-electron chi connectivity index (χ3n) is 4.58. The van der Waals surface area contributed by atoms with Crippen molar-refractivity contribution in [1.82, 2.24) is 15.6 Å². The maximum absolute atomic E-state index is 12.2. The van der Waals surface area contributed by atoms with Gasteiger partial charge < -0.3 is 10.6 Å². The number of carbonyl (C=O) groups is 2. The first kappa shape index (κ1) is 15.3. The van der Waals surface area contributed by atoms with Crippen molar-refractivity contribution < 1.29 is 9.59 Å². The van der Waals surface area contributed by atoms with Gasteiger partial charge in [0.15, 0.2) is 0 Å². The van der Waals surface area contributed by atoms with Crippen molar-refractivity contribution in [1.29, 1.82) is 0 Å². The van der Waals surface area contributed by atoms with E-state index in [0.717, 1.165) is 29.8 Å². The maximum atomic E-state index is 12.2. The molecule has 2 heterocycles. The molecule has 1 aromatic heterocycles. The second-order valence-corrected chi connectivity index (χ2v) is 7.42. The van der Waals surface area contributed by atoms with Crippen LogP contribution in [0, 0.1) is 0 Å². The molecule has 0 saturated carbocycles. The molecule has 2 aliphatic rings. The number of hydrogen-bond acceptors (Lipinski definition) is 4. The Morgan fingerprint density at radius 2 is 2.21 bits per heavy atom. The lowest BCUT2D eigenvalue weighted by Gasteiger charge is -2.11. The van der Waals surface area contributed by atoms with Crippen molar-refractivity contribution in [3.63, 3.8) is 0 Å². The second kappa shape index (κ2) is 6.36. The Balaban J connectivity index is 1.29. The number of fused-ring (bicyclic) bond motifs is 2. The molecule has 0 radical (unpaired) electrons. The zero-order valence-electron chi connectivity index (χ0n) is 13.3. The summed E-state index contributed by atoms with van der Waals surface area (Å²) in [5.41, 5.74) is 2.84. The first-order chi connectivity index (χ1) is 11.7. The minimum Gasteiger partial charge on any atom is -0.356 e. The average molecular weight is 341 g/mol. The molecule has 2 amide bonds. The van der Waals surface area contributed by atoms with E-state index in [1.54, 1.807) is 17.4 Å². The highest BCUT2D eigenvalue weighted by atomic mass is 32.1. The van der Waals surface area contributed by atoms with Crippen molar-refractivity contribution >= 4 is 23.2 Å². The largest absolute Gasteiger partial charge is 0.356 e. The number of amides is 2. The summed E-state index contributed by atoms with van der Waals surface area (Å²) < 4.78 is 0. The first-order valence-corrected chi connectivity index (χ1v) is 9.16. The van der Waals surface area contributed by atoms with Crippen LogP contribution in [0.1, 0.15) is 50.4 Å². The summed E-state index contributed by atoms with van der Waals surface area (Å²) in [4.78, 5) is 30.1. The van der Waals surface area contributed by atoms with E-state index in [-0.39, 0.29) is 24.3 Å². The van der Waals surface area contributed by atoms with E-state index >= 15 is 0 Å². The Morgan fingerprint density at radius 1 is 1.33 bits per heavy atom. The third-order valence-corrected chi connectivity index (χ3v) is 5.79. The van der Waals surface area contributed by atoms with Crippen LogP contribution < -0.4 is 10.6 Å². The lowest BCUT2D eigenvalue weighted by Crippen LogP contribution is -2.30. The minimum atomic E-state index is -0.225. The van der Waals surface area contributed by atoms with Crippen molar-refractivity contribution in [2.24, 2.45) is 0 Å². The van der Waals surface area contributed by atoms with E-state index in [1.807, 2.05) is 18.2 Å². The molecule has 4 rings (SSSR count). The van der Waals surface area contributed by atoms with Gasteiger partial charge in [-0.25, -0.2) is 4.98 Å². The van der Waals surface area contributed by atoms with Gasteiger partial charge in [0, 0.05) is 23.4 Å². The molecule has 0 saturated heterocycles. The summed E-state index contributed by atoms with van der Waals surface area (Å²) in [6.07, 6.45) is 4.52. The molecule has 1 aliphatic carbocycles. The van der Waals surface area contributed by atoms with Gasteiger partial charge in [-0.2, -0.15) is 0 Å². The summed E-state index contributed by atoms with van der Waals surface area (Å²) in [7, 11) is 0. The number of rotatable bonds is 5. The Morgan fingerprint density at radius 3 is 3.08 bits per heavy atom. The predicted molar refractivity (Wildman–Crippen MR) is 92.1 cm³/mol. The number of nitrogens with one attached hydrogen (secondary N) is 2. The number of benzene rings is 1. The van der Waals surface area contributed by atoms with E-state index in [4.69, 9.17) is 0 Å². The molecule has 6 heteroatoms. The van der Waals surface area contributed by atoms with Gasteiger partial charge in [-0.3, -0.25) is 9.59 Å². The predicted octanol–water partition coefficient (Wildman–Crippen LogP) is 2.17. The Hall–Kier alpha value is -2.21. The SMILES string of the molecule is O=C(C[C@H]1NC(=O)c2ccccc21)NCCc1nc2c(s1)CCC2. The topological polar surface area (TPSA) is 71.1 Å². The summed E-state index contributed by atoms with van der Waals surface area (Å²) >= 11 is 1.78. The highest BCUT2D eigenvalue weighted by Crippen LogP contribution is 2.28. The van der Waals surface area contributed by atoms with Gasteiger partial charge in [0.1, 0.15) is 0 Å². The van der Waals surface area contributed by atoms with Crippen LogP contribution in [-0.2, 0) is 24.1 Å². The van der Waals surface area contributed by atoms with Gasteiger partial charge in [-0.15, -0.1) is 11.3 Å². The van der Waals surface area contributed by atoms with E-state index in [1.165, 1.54) is 17.0 Å². The Kier molecular flexibility index (Phi) is 4.06. The van der Waals surface area contributed by atoms with Crippen LogP contribution in [-0.4, -0.2) is 23.3 Å². The maximum Gasteiger partial charge on any atom is 0.252 e. The van der Waals surface area contributed by atoms with Gasteiger partial charge in [0.05, 0.1) is 23.2 Å². The van der Waals surface area contributed by atoms with Gasteiger partial charge in [-0.1, -0.05) is 18.2 Å². The van der Waals surface area contributed by atoms with Crippen LogP contribution in [0.25, 0.3) is 0 Å². The fourth-order valence-corrected chi connectivity index (χ4v) is 4.56. The summed E-state index contributed by atoms with van der Waals surface area (Å²) in [6, 6.07) is 7.21. The van der Waals surface area contributed by atoms with Gasteiger partial charge in [0.2, 0.25) is 5.91 Å². The quantitative estimate of drug-likeness (QED) is 0.875. The van der Waals surface area contributed by atoms with Crippen LogP contribution in [0.2, 0.25) is 0 Å². The van der Waals surface area contributed by atoms with E-state index < -0.39 is 0 Å². The summed E-state index contributed by atoms with van der Waals surface area (Å²) in [5.74, 6) is -0.137. The molecule has 5 nitrogen and oxygen atoms in total. The van der Waals surface area contributed by atoms with E-state index in [0.29, 0.717) is 12.1 Å². The van der Waals surface area contributed by atoms with E-state index in [9.17, 15) is 9.59 Å². The van der Waals surface area contributed by atoms with Crippen LogP contribution in [0.15, 0.2) is 24.3 Å². The van der Waals surface area contributed by atoms with Crippen molar-refractivity contribution in [2.75, 3.05) is 6.54 Å². The molecule has 124 valence electrons. The smallest absolute Gasteiger partial charge is 0.252 e. The highest BCUT2D eigenvalue weighted by Gasteiger charge is 2.29. The molecule has 1 aromatic carbocycles. The summed E-state index contributed by atoms with van der Waals surface area (Å²) in [6.45, 7) is 0.591. The second-order valence-electron chi connectivity index (χ2n) is 6.25. The van der Waals surface area contributed by atoms with Crippen LogP contribution in [0.3, 0.4) is 0 Å². The van der Waals surface area contributed by atoms with Gasteiger partial charge >= 0.3 is 0 Å². The van der Waals surface area contributed by atoms with Crippen LogP contribution in [0.4, 0.5) is 0 Å². The zero-order valence-corrected chi connectivity index (χ0v) is 14.1. The molecule has 24 heavy (non-hydrogen) atoms. The molecular weight excluding hydrogens is 322 g/mol. The van der Waals surface area contributed by atoms with Crippen molar-refractivity contribution in [2.45, 2.75) is 38.1 Å². The molecule has 1 atom stereocenters. The number of hydrogen-bond donors (Lipinski definition) is 2. The van der Waals surface area contributed by atoms with Crippen LogP contribution >= 0.6 is 11.3 Å². The highest BCUT2D eigenvalue weighted by molar-refractivity contribution is 7.11. The molecule has 0 spiro atoms. The molecule has 2 N–H and O–H groups in total. The van der Waals surface area contributed by atoms with Crippen LogP contribution in [0.5, 0.6) is 0 Å². The number of aromatic nitrogens is 1. The average Bonchev–Trinajstić information content (AvgIpc) is 3.23. The molecule has 1 aliphatic heterocycles. The molecule has 2 aromatic rings. The Labute approximate surface area is 144 Å². The zero-order chi connectivity index (χ0) is 16.5. The lowest BCUT2D eigenvalue weighted by molar-refractivity contribution is -0.121. The van der Waals surface area contributed by atoms with Gasteiger partial charge in [0.25, 0.3) is 5.91 Å². The first-order valence-electron chi connectivity index (χ1n) is 8.34. The fraction of sp³-hybridized carbons (Fsp3) is 0.389. The normalized spacial score (nSPS) is 18.2. The van der Waals surface area contributed by atoms with E-state index in [2.05, 4.69) is 15.6 Å². The number of carbonyl (C=O) groups excluding carboxylic acids is 2. The molecule has 0 fully saturated rings.